The normalized spacial score (nSPS) is 11.1. The maximum Gasteiger partial charge on any atom is 0.124 e. The highest BCUT2D eigenvalue weighted by Crippen LogP contribution is 2.33. The lowest BCUT2D eigenvalue weighted by Gasteiger charge is -2.18. The molecule has 0 saturated carbocycles. The summed E-state index contributed by atoms with van der Waals surface area (Å²) in [7, 11) is 0. The second kappa shape index (κ2) is 4.02. The van der Waals surface area contributed by atoms with E-state index in [1.165, 1.54) is 12.1 Å². The van der Waals surface area contributed by atoms with E-state index in [0.717, 1.165) is 4.90 Å². The van der Waals surface area contributed by atoms with Crippen LogP contribution < -0.4 is 0 Å². The molecule has 1 aromatic carbocycles. The van der Waals surface area contributed by atoms with Gasteiger partial charge in [-0.05, 0) is 18.2 Å². The molecule has 0 amide bonds. The van der Waals surface area contributed by atoms with Crippen LogP contribution >= 0.6 is 11.8 Å². The maximum absolute atomic E-state index is 12.8. The van der Waals surface area contributed by atoms with E-state index in [2.05, 4.69) is 20.8 Å². The summed E-state index contributed by atoms with van der Waals surface area (Å²) in [5, 5.41) is 8.81. The highest BCUT2D eigenvalue weighted by molar-refractivity contribution is 8.00. The van der Waals surface area contributed by atoms with Gasteiger partial charge in [-0.2, -0.15) is 5.26 Å². The number of benzene rings is 1. The van der Waals surface area contributed by atoms with Crippen LogP contribution in [0.2, 0.25) is 0 Å². The summed E-state index contributed by atoms with van der Waals surface area (Å²) in [6.07, 6.45) is 0. The van der Waals surface area contributed by atoms with Crippen molar-refractivity contribution < 1.29 is 4.39 Å². The molecule has 0 aliphatic rings. The van der Waals surface area contributed by atoms with Crippen LogP contribution in [0.25, 0.3) is 0 Å². The number of thioether (sulfide) groups is 1. The van der Waals surface area contributed by atoms with Crippen molar-refractivity contribution in [1.29, 1.82) is 5.26 Å². The topological polar surface area (TPSA) is 23.8 Å². The van der Waals surface area contributed by atoms with Crippen molar-refractivity contribution in [2.75, 3.05) is 0 Å². The van der Waals surface area contributed by atoms with Crippen LogP contribution in [0, 0.1) is 17.1 Å². The molecule has 1 rings (SSSR count). The SMILES string of the molecule is CC(C)(C)Sc1ccc(F)cc1C#N. The number of nitrogens with zero attached hydrogens (tertiary/aromatic N) is 1. The molecule has 0 saturated heterocycles. The molecule has 1 nitrogen and oxygen atoms in total. The van der Waals surface area contributed by atoms with E-state index in [4.69, 9.17) is 5.26 Å². The van der Waals surface area contributed by atoms with E-state index in [1.54, 1.807) is 17.8 Å². The summed E-state index contributed by atoms with van der Waals surface area (Å²) in [6.45, 7) is 6.17. The van der Waals surface area contributed by atoms with Gasteiger partial charge < -0.3 is 0 Å². The van der Waals surface area contributed by atoms with Gasteiger partial charge in [-0.1, -0.05) is 20.8 Å². The third kappa shape index (κ3) is 3.04. The number of hydrogen-bond acceptors (Lipinski definition) is 2. The molecule has 0 aliphatic carbocycles. The van der Waals surface area contributed by atoms with Crippen molar-refractivity contribution in [3.63, 3.8) is 0 Å². The van der Waals surface area contributed by atoms with Crippen molar-refractivity contribution in [1.82, 2.24) is 0 Å². The smallest absolute Gasteiger partial charge is 0.124 e. The van der Waals surface area contributed by atoms with Gasteiger partial charge in [0.1, 0.15) is 11.9 Å². The molecule has 0 fully saturated rings. The molecular formula is C11H12FNS. The Morgan fingerprint density at radius 1 is 1.36 bits per heavy atom. The van der Waals surface area contributed by atoms with Gasteiger partial charge in [0.15, 0.2) is 0 Å². The summed E-state index contributed by atoms with van der Waals surface area (Å²) >= 11 is 1.57. The van der Waals surface area contributed by atoms with Crippen LogP contribution in [0.3, 0.4) is 0 Å². The summed E-state index contributed by atoms with van der Waals surface area (Å²) in [6, 6.07) is 6.31. The van der Waals surface area contributed by atoms with E-state index >= 15 is 0 Å². The highest BCUT2D eigenvalue weighted by atomic mass is 32.2. The summed E-state index contributed by atoms with van der Waals surface area (Å²) in [5.41, 5.74) is 0.407. The van der Waals surface area contributed by atoms with E-state index in [0.29, 0.717) is 5.56 Å². The zero-order valence-corrected chi connectivity index (χ0v) is 9.28. The Balaban J connectivity index is 3.05. The minimum atomic E-state index is -0.361. The fourth-order valence-electron chi connectivity index (χ4n) is 1.01. The molecule has 0 aromatic heterocycles. The first kappa shape index (κ1) is 11.1. The first-order valence-corrected chi connectivity index (χ1v) is 5.13. The highest BCUT2D eigenvalue weighted by Gasteiger charge is 2.14. The Kier molecular flexibility index (Phi) is 3.17. The van der Waals surface area contributed by atoms with Gasteiger partial charge in [0.25, 0.3) is 0 Å². The second-order valence-electron chi connectivity index (χ2n) is 3.97. The van der Waals surface area contributed by atoms with Crippen molar-refractivity contribution in [2.24, 2.45) is 0 Å². The predicted molar refractivity (Wildman–Crippen MR) is 56.7 cm³/mol. The van der Waals surface area contributed by atoms with E-state index < -0.39 is 0 Å². The van der Waals surface area contributed by atoms with Crippen LogP contribution in [-0.4, -0.2) is 4.75 Å². The molecule has 0 bridgehead atoms. The maximum atomic E-state index is 12.8. The monoisotopic (exact) mass is 209 g/mol. The Hall–Kier alpha value is -1.01. The quantitative estimate of drug-likeness (QED) is 0.660. The molecule has 3 heteroatoms. The van der Waals surface area contributed by atoms with Gasteiger partial charge in [-0.3, -0.25) is 0 Å². The van der Waals surface area contributed by atoms with Crippen LogP contribution in [0.1, 0.15) is 26.3 Å². The molecule has 1 aromatic rings. The molecule has 0 heterocycles. The molecule has 74 valence electrons. The molecule has 0 unspecified atom stereocenters. The molecule has 0 radical (unpaired) electrons. The number of hydrogen-bond donors (Lipinski definition) is 0. The molecule has 0 aliphatic heterocycles. The van der Waals surface area contributed by atoms with Gasteiger partial charge in [-0.15, -0.1) is 11.8 Å². The first-order chi connectivity index (χ1) is 6.42. The van der Waals surface area contributed by atoms with E-state index in [9.17, 15) is 4.39 Å². The minimum absolute atomic E-state index is 0.0312. The lowest BCUT2D eigenvalue weighted by atomic mass is 10.2. The van der Waals surface area contributed by atoms with Crippen LogP contribution in [-0.2, 0) is 0 Å². The fourth-order valence-corrected chi connectivity index (χ4v) is 2.02. The van der Waals surface area contributed by atoms with Gasteiger partial charge >= 0.3 is 0 Å². The lowest BCUT2D eigenvalue weighted by molar-refractivity contribution is 0.626. The zero-order chi connectivity index (χ0) is 10.8. The lowest BCUT2D eigenvalue weighted by Crippen LogP contribution is -2.07. The van der Waals surface area contributed by atoms with Crippen molar-refractivity contribution in [2.45, 2.75) is 30.4 Å². The van der Waals surface area contributed by atoms with Crippen LogP contribution in [0.15, 0.2) is 23.1 Å². The van der Waals surface area contributed by atoms with Crippen molar-refractivity contribution in [3.05, 3.63) is 29.6 Å². The summed E-state index contributed by atoms with van der Waals surface area (Å²) in [5.74, 6) is -0.361. The largest absolute Gasteiger partial charge is 0.207 e. The van der Waals surface area contributed by atoms with Gasteiger partial charge in [0, 0.05) is 9.64 Å². The Morgan fingerprint density at radius 2 is 2.00 bits per heavy atom. The zero-order valence-electron chi connectivity index (χ0n) is 8.47. The molecule has 0 spiro atoms. The van der Waals surface area contributed by atoms with E-state index in [-0.39, 0.29) is 10.6 Å². The minimum Gasteiger partial charge on any atom is -0.207 e. The Labute approximate surface area is 87.9 Å². The fraction of sp³-hybridized carbons (Fsp3) is 0.364. The molecule has 14 heavy (non-hydrogen) atoms. The standard InChI is InChI=1S/C11H12FNS/c1-11(2,3)14-10-5-4-9(12)6-8(10)7-13/h4-6H,1-3H3. The summed E-state index contributed by atoms with van der Waals surface area (Å²) < 4.78 is 12.8. The third-order valence-electron chi connectivity index (χ3n) is 1.48. The van der Waals surface area contributed by atoms with Gasteiger partial charge in [-0.25, -0.2) is 4.39 Å². The Bertz CT molecular complexity index is 374. The van der Waals surface area contributed by atoms with Crippen LogP contribution in [0.5, 0.6) is 0 Å². The molecule has 0 N–H and O–H groups in total. The van der Waals surface area contributed by atoms with Gasteiger partial charge in [0.2, 0.25) is 0 Å². The van der Waals surface area contributed by atoms with Crippen LogP contribution in [0.4, 0.5) is 4.39 Å². The number of halogens is 1. The summed E-state index contributed by atoms with van der Waals surface area (Å²) in [4.78, 5) is 0.835. The third-order valence-corrected chi connectivity index (χ3v) is 2.67. The molecule has 0 atom stereocenters. The average molecular weight is 209 g/mol. The molecular weight excluding hydrogens is 197 g/mol. The first-order valence-electron chi connectivity index (χ1n) is 4.31. The van der Waals surface area contributed by atoms with Gasteiger partial charge in [0.05, 0.1) is 5.56 Å². The predicted octanol–water partition coefficient (Wildman–Crippen LogP) is 3.59. The Morgan fingerprint density at radius 3 is 2.50 bits per heavy atom. The van der Waals surface area contributed by atoms with Crippen molar-refractivity contribution >= 4 is 11.8 Å². The van der Waals surface area contributed by atoms with Crippen molar-refractivity contribution in [3.8, 4) is 6.07 Å². The number of nitriles is 1. The second-order valence-corrected chi connectivity index (χ2v) is 5.84. The van der Waals surface area contributed by atoms with E-state index in [1.807, 2.05) is 6.07 Å². The average Bonchev–Trinajstić information content (AvgIpc) is 2.06. The number of rotatable bonds is 1.